The lowest BCUT2D eigenvalue weighted by Gasteiger charge is -2.30. The van der Waals surface area contributed by atoms with Crippen molar-refractivity contribution in [1.82, 2.24) is 0 Å². The van der Waals surface area contributed by atoms with E-state index in [1.807, 2.05) is 36.4 Å². The number of halogens is 1. The number of ether oxygens (including phenoxy) is 1. The summed E-state index contributed by atoms with van der Waals surface area (Å²) >= 11 is 6.13. The number of nitrogens with zero attached hydrogens (tertiary/aromatic N) is 1. The van der Waals surface area contributed by atoms with E-state index in [2.05, 4.69) is 24.5 Å². The van der Waals surface area contributed by atoms with Crippen molar-refractivity contribution in [3.05, 3.63) is 71.3 Å². The summed E-state index contributed by atoms with van der Waals surface area (Å²) in [5.74, 6) is 1.40. The molecule has 0 saturated heterocycles. The lowest BCUT2D eigenvalue weighted by atomic mass is 9.96. The fraction of sp³-hybridized carbons (Fsp3) is 0.444. The van der Waals surface area contributed by atoms with Gasteiger partial charge in [0, 0.05) is 29.6 Å². The second-order valence-electron chi connectivity index (χ2n) is 8.79. The number of hydrogen-bond acceptors (Lipinski definition) is 3. The molecule has 0 radical (unpaired) electrons. The van der Waals surface area contributed by atoms with Crippen LogP contribution in [0.25, 0.3) is 0 Å². The second kappa shape index (κ2) is 12.0. The first-order valence-corrected chi connectivity index (χ1v) is 12.0. The molecular formula is C27H35ClN2O2. The van der Waals surface area contributed by atoms with Crippen LogP contribution in [0.2, 0.25) is 5.02 Å². The lowest BCUT2D eigenvalue weighted by Crippen LogP contribution is -2.34. The Labute approximate surface area is 197 Å². The van der Waals surface area contributed by atoms with Crippen molar-refractivity contribution in [2.24, 2.45) is 17.6 Å². The third-order valence-corrected chi connectivity index (χ3v) is 6.57. The third kappa shape index (κ3) is 6.77. The first kappa shape index (κ1) is 24.2. The first-order valence-electron chi connectivity index (χ1n) is 11.7. The highest BCUT2D eigenvalue weighted by Gasteiger charge is 2.25. The number of primary amides is 1. The Kier molecular flexibility index (Phi) is 9.04. The van der Waals surface area contributed by atoms with Gasteiger partial charge in [-0.2, -0.15) is 0 Å². The van der Waals surface area contributed by atoms with E-state index in [1.165, 1.54) is 5.56 Å². The SMILES string of the molecule is C=CCCC(CC)CN1CC(CCCc2cccc(Cl)c2)COc2ccc(C(N)=O)cc21. The highest BCUT2D eigenvalue weighted by molar-refractivity contribution is 6.30. The minimum Gasteiger partial charge on any atom is -0.491 e. The molecule has 2 N–H and O–H groups in total. The fourth-order valence-corrected chi connectivity index (χ4v) is 4.65. The van der Waals surface area contributed by atoms with E-state index in [0.717, 1.165) is 68.1 Å². The molecule has 1 amide bonds. The summed E-state index contributed by atoms with van der Waals surface area (Å²) < 4.78 is 6.21. The number of aryl methyl sites for hydroxylation is 1. The summed E-state index contributed by atoms with van der Waals surface area (Å²) in [4.78, 5) is 14.2. The first-order chi connectivity index (χ1) is 15.5. The van der Waals surface area contributed by atoms with E-state index in [1.54, 1.807) is 6.07 Å². The molecule has 3 rings (SSSR count). The molecule has 0 aliphatic carbocycles. The number of benzene rings is 2. The average molecular weight is 455 g/mol. The molecule has 0 fully saturated rings. The second-order valence-corrected chi connectivity index (χ2v) is 9.23. The van der Waals surface area contributed by atoms with E-state index in [9.17, 15) is 4.79 Å². The van der Waals surface area contributed by atoms with E-state index in [0.29, 0.717) is 24.0 Å². The average Bonchev–Trinajstić information content (AvgIpc) is 2.95. The van der Waals surface area contributed by atoms with Crippen molar-refractivity contribution in [1.29, 1.82) is 0 Å². The van der Waals surface area contributed by atoms with Gasteiger partial charge in [0.2, 0.25) is 5.91 Å². The van der Waals surface area contributed by atoms with Gasteiger partial charge in [-0.1, -0.05) is 43.2 Å². The zero-order valence-electron chi connectivity index (χ0n) is 19.1. The highest BCUT2D eigenvalue weighted by atomic mass is 35.5. The number of hydrogen-bond donors (Lipinski definition) is 1. The normalized spacial score (nSPS) is 16.6. The molecule has 1 aliphatic rings. The molecule has 2 aromatic rings. The van der Waals surface area contributed by atoms with Crippen LogP contribution < -0.4 is 15.4 Å². The molecule has 0 spiro atoms. The van der Waals surface area contributed by atoms with E-state index < -0.39 is 5.91 Å². The Bertz CT molecular complexity index is 914. The van der Waals surface area contributed by atoms with Gasteiger partial charge in [0.1, 0.15) is 5.75 Å². The lowest BCUT2D eigenvalue weighted by molar-refractivity contribution is 0.100. The maximum Gasteiger partial charge on any atom is 0.248 e. The molecule has 32 heavy (non-hydrogen) atoms. The van der Waals surface area contributed by atoms with Crippen molar-refractivity contribution < 1.29 is 9.53 Å². The van der Waals surface area contributed by atoms with Gasteiger partial charge < -0.3 is 15.4 Å². The molecule has 0 aromatic heterocycles. The van der Waals surface area contributed by atoms with Crippen molar-refractivity contribution in [3.8, 4) is 5.75 Å². The van der Waals surface area contributed by atoms with Crippen LogP contribution in [0.1, 0.15) is 54.9 Å². The predicted molar refractivity (Wildman–Crippen MR) is 134 cm³/mol. The van der Waals surface area contributed by atoms with Gasteiger partial charge in [0.25, 0.3) is 0 Å². The van der Waals surface area contributed by atoms with E-state index >= 15 is 0 Å². The van der Waals surface area contributed by atoms with Gasteiger partial charge in [-0.25, -0.2) is 0 Å². The topological polar surface area (TPSA) is 55.6 Å². The van der Waals surface area contributed by atoms with Crippen LogP contribution in [0.3, 0.4) is 0 Å². The number of nitrogens with two attached hydrogens (primary N) is 1. The van der Waals surface area contributed by atoms with Crippen molar-refractivity contribution in [2.75, 3.05) is 24.6 Å². The number of carbonyl (C=O) groups excluding carboxylic acids is 1. The fourth-order valence-electron chi connectivity index (χ4n) is 4.43. The zero-order chi connectivity index (χ0) is 22.9. The molecular weight excluding hydrogens is 420 g/mol. The monoisotopic (exact) mass is 454 g/mol. The van der Waals surface area contributed by atoms with Gasteiger partial charge in [-0.15, -0.1) is 6.58 Å². The molecule has 2 atom stereocenters. The minimum absolute atomic E-state index is 0.409. The Hall–Kier alpha value is -2.46. The van der Waals surface area contributed by atoms with Gasteiger partial charge in [-0.05, 0) is 73.9 Å². The summed E-state index contributed by atoms with van der Waals surface area (Å²) in [7, 11) is 0. The molecule has 2 aromatic carbocycles. The Morgan fingerprint density at radius 1 is 1.34 bits per heavy atom. The van der Waals surface area contributed by atoms with Gasteiger partial charge in [0.05, 0.1) is 12.3 Å². The maximum absolute atomic E-state index is 11.8. The number of allylic oxidation sites excluding steroid dienone is 1. The number of anilines is 1. The van der Waals surface area contributed by atoms with Crippen molar-refractivity contribution >= 4 is 23.2 Å². The van der Waals surface area contributed by atoms with Crippen molar-refractivity contribution in [2.45, 2.75) is 45.4 Å². The molecule has 5 heteroatoms. The molecule has 1 aliphatic heterocycles. The molecule has 1 heterocycles. The Balaban J connectivity index is 1.73. The molecule has 0 saturated carbocycles. The van der Waals surface area contributed by atoms with Crippen LogP contribution in [0, 0.1) is 11.8 Å². The summed E-state index contributed by atoms with van der Waals surface area (Å²) in [6.07, 6.45) is 8.39. The quantitative estimate of drug-likeness (QED) is 0.407. The van der Waals surface area contributed by atoms with E-state index in [-0.39, 0.29) is 0 Å². The predicted octanol–water partition coefficient (Wildman–Crippen LogP) is 6.27. The minimum atomic E-state index is -0.409. The Morgan fingerprint density at radius 2 is 2.19 bits per heavy atom. The van der Waals surface area contributed by atoms with Crippen LogP contribution in [-0.2, 0) is 6.42 Å². The molecule has 2 unspecified atom stereocenters. The summed E-state index contributed by atoms with van der Waals surface area (Å²) in [6, 6.07) is 13.6. The largest absolute Gasteiger partial charge is 0.491 e. The molecule has 4 nitrogen and oxygen atoms in total. The van der Waals surface area contributed by atoms with Gasteiger partial charge in [0.15, 0.2) is 0 Å². The number of carbonyl (C=O) groups is 1. The molecule has 0 bridgehead atoms. The van der Waals surface area contributed by atoms with E-state index in [4.69, 9.17) is 22.1 Å². The third-order valence-electron chi connectivity index (χ3n) is 6.34. The van der Waals surface area contributed by atoms with Crippen LogP contribution in [0.15, 0.2) is 55.1 Å². The van der Waals surface area contributed by atoms with Crippen LogP contribution in [-0.4, -0.2) is 25.6 Å². The number of amides is 1. The zero-order valence-corrected chi connectivity index (χ0v) is 19.8. The standard InChI is InChI=1S/C27H35ClN2O2/c1-3-5-8-20(4-2)17-30-18-22(11-6-9-21-10-7-12-24(28)15-21)19-32-26-14-13-23(27(29)31)16-25(26)30/h3,7,10,12-16,20,22H,1,4-6,8-9,11,17-19H2,2H3,(H2,29,31). The summed E-state index contributed by atoms with van der Waals surface area (Å²) in [5, 5.41) is 0.789. The van der Waals surface area contributed by atoms with Gasteiger partial charge >= 0.3 is 0 Å². The highest BCUT2D eigenvalue weighted by Crippen LogP contribution is 2.35. The number of rotatable bonds is 11. The van der Waals surface area contributed by atoms with Crippen LogP contribution >= 0.6 is 11.6 Å². The number of fused-ring (bicyclic) bond motifs is 1. The van der Waals surface area contributed by atoms with Gasteiger partial charge in [-0.3, -0.25) is 4.79 Å². The summed E-state index contributed by atoms with van der Waals surface area (Å²) in [5.41, 5.74) is 8.34. The summed E-state index contributed by atoms with van der Waals surface area (Å²) in [6.45, 7) is 8.65. The van der Waals surface area contributed by atoms with Crippen molar-refractivity contribution in [3.63, 3.8) is 0 Å². The Morgan fingerprint density at radius 3 is 2.91 bits per heavy atom. The molecule has 172 valence electrons. The smallest absolute Gasteiger partial charge is 0.248 e. The van der Waals surface area contributed by atoms with Crippen LogP contribution in [0.5, 0.6) is 5.75 Å². The van der Waals surface area contributed by atoms with Crippen LogP contribution in [0.4, 0.5) is 5.69 Å². The maximum atomic E-state index is 11.8.